The average Bonchev–Trinajstić information content (AvgIpc) is 2.99. The number of benzene rings is 1. The molecule has 0 saturated heterocycles. The molecule has 2 nitrogen and oxygen atoms in total. The minimum Gasteiger partial charge on any atom is -0.508 e. The van der Waals surface area contributed by atoms with Gasteiger partial charge in [0.1, 0.15) is 5.75 Å². The molecule has 1 saturated carbocycles. The molecule has 0 spiro atoms. The van der Waals surface area contributed by atoms with Crippen molar-refractivity contribution in [2.24, 2.45) is 0 Å². The van der Waals surface area contributed by atoms with Gasteiger partial charge in [0.2, 0.25) is 0 Å². The van der Waals surface area contributed by atoms with Crippen molar-refractivity contribution in [3.63, 3.8) is 0 Å². The van der Waals surface area contributed by atoms with Crippen LogP contribution in [0.25, 0.3) is 0 Å². The molecule has 0 heterocycles. The molecule has 1 fully saturated rings. The summed E-state index contributed by atoms with van der Waals surface area (Å²) in [5, 5.41) is 9.28. The molecule has 15 heavy (non-hydrogen) atoms. The zero-order valence-electron chi connectivity index (χ0n) is 9.70. The summed E-state index contributed by atoms with van der Waals surface area (Å²) in [4.78, 5) is 2.28. The molecule has 2 rings (SSSR count). The second kappa shape index (κ2) is 3.53. The van der Waals surface area contributed by atoms with Gasteiger partial charge in [-0.15, -0.1) is 0 Å². The molecule has 1 unspecified atom stereocenters. The molecular weight excluding hydrogens is 186 g/mol. The maximum Gasteiger partial charge on any atom is 0.115 e. The van der Waals surface area contributed by atoms with Crippen LogP contribution in [0.4, 0.5) is 0 Å². The first-order valence-corrected chi connectivity index (χ1v) is 5.52. The molecule has 0 aromatic heterocycles. The van der Waals surface area contributed by atoms with Crippen LogP contribution < -0.4 is 0 Å². The third-order valence-corrected chi connectivity index (χ3v) is 3.81. The van der Waals surface area contributed by atoms with Crippen LogP contribution >= 0.6 is 0 Å². The zero-order valence-corrected chi connectivity index (χ0v) is 9.70. The number of hydrogen-bond donors (Lipinski definition) is 1. The molecule has 2 heteroatoms. The lowest BCUT2D eigenvalue weighted by Crippen LogP contribution is -2.36. The fourth-order valence-electron chi connectivity index (χ4n) is 2.37. The molecule has 1 N–H and O–H groups in total. The van der Waals surface area contributed by atoms with E-state index in [1.54, 1.807) is 12.1 Å². The molecule has 0 aliphatic heterocycles. The van der Waals surface area contributed by atoms with E-state index in [4.69, 9.17) is 0 Å². The summed E-state index contributed by atoms with van der Waals surface area (Å²) in [6.45, 7) is 2.28. The van der Waals surface area contributed by atoms with Gasteiger partial charge >= 0.3 is 0 Å². The van der Waals surface area contributed by atoms with Gasteiger partial charge in [0.25, 0.3) is 0 Å². The number of phenolic OH excluding ortho intramolecular Hbond substituents is 1. The Labute approximate surface area is 91.5 Å². The van der Waals surface area contributed by atoms with Gasteiger partial charge in [-0.25, -0.2) is 0 Å². The minimum absolute atomic E-state index is 0.331. The Morgan fingerprint density at radius 3 is 2.13 bits per heavy atom. The van der Waals surface area contributed by atoms with Crippen LogP contribution in [0, 0.1) is 0 Å². The fourth-order valence-corrected chi connectivity index (χ4v) is 2.37. The first kappa shape index (κ1) is 10.5. The van der Waals surface area contributed by atoms with Crippen molar-refractivity contribution in [1.82, 2.24) is 4.90 Å². The van der Waals surface area contributed by atoms with Gasteiger partial charge in [-0.05, 0) is 51.6 Å². The van der Waals surface area contributed by atoms with Gasteiger partial charge < -0.3 is 10.0 Å². The first-order chi connectivity index (χ1) is 7.06. The average molecular weight is 205 g/mol. The SMILES string of the molecule is CC(N(C)C)C1(c2ccc(O)cc2)CC1. The summed E-state index contributed by atoms with van der Waals surface area (Å²) < 4.78 is 0. The van der Waals surface area contributed by atoms with E-state index in [0.29, 0.717) is 17.2 Å². The third kappa shape index (κ3) is 1.74. The van der Waals surface area contributed by atoms with Crippen molar-refractivity contribution in [3.05, 3.63) is 29.8 Å². The molecule has 1 aromatic carbocycles. The van der Waals surface area contributed by atoms with E-state index in [2.05, 4.69) is 38.1 Å². The number of aromatic hydroxyl groups is 1. The maximum absolute atomic E-state index is 9.28. The summed E-state index contributed by atoms with van der Waals surface area (Å²) in [7, 11) is 4.26. The highest BCUT2D eigenvalue weighted by molar-refractivity contribution is 5.37. The minimum atomic E-state index is 0.331. The van der Waals surface area contributed by atoms with Crippen LogP contribution in [0.1, 0.15) is 25.3 Å². The Kier molecular flexibility index (Phi) is 2.47. The van der Waals surface area contributed by atoms with Gasteiger partial charge in [-0.1, -0.05) is 12.1 Å². The second-order valence-electron chi connectivity index (χ2n) is 4.84. The van der Waals surface area contributed by atoms with E-state index in [9.17, 15) is 5.11 Å². The molecule has 1 atom stereocenters. The summed E-state index contributed by atoms with van der Waals surface area (Å²) in [6, 6.07) is 8.25. The van der Waals surface area contributed by atoms with Crippen molar-refractivity contribution in [3.8, 4) is 5.75 Å². The molecule has 1 aromatic rings. The standard InChI is InChI=1S/C13H19NO/c1-10(14(2)3)13(8-9-13)11-4-6-12(15)7-5-11/h4-7,10,15H,8-9H2,1-3H3. The maximum atomic E-state index is 9.28. The monoisotopic (exact) mass is 205 g/mol. The van der Waals surface area contributed by atoms with Gasteiger partial charge in [0.15, 0.2) is 0 Å². The Morgan fingerprint density at radius 1 is 1.20 bits per heavy atom. The Bertz CT molecular complexity index is 338. The number of nitrogens with zero attached hydrogens (tertiary/aromatic N) is 1. The Morgan fingerprint density at radius 2 is 1.73 bits per heavy atom. The topological polar surface area (TPSA) is 23.5 Å². The number of phenols is 1. The van der Waals surface area contributed by atoms with Gasteiger partial charge in [0, 0.05) is 11.5 Å². The van der Waals surface area contributed by atoms with Crippen molar-refractivity contribution < 1.29 is 5.11 Å². The van der Waals surface area contributed by atoms with Crippen molar-refractivity contribution in [2.45, 2.75) is 31.2 Å². The largest absolute Gasteiger partial charge is 0.508 e. The van der Waals surface area contributed by atoms with Crippen molar-refractivity contribution in [1.29, 1.82) is 0 Å². The molecule has 1 aliphatic carbocycles. The molecule has 1 aliphatic rings. The summed E-state index contributed by atoms with van der Waals surface area (Å²) in [5.41, 5.74) is 1.69. The molecule has 0 bridgehead atoms. The highest BCUT2D eigenvalue weighted by atomic mass is 16.3. The van der Waals surface area contributed by atoms with Crippen LogP contribution in [-0.4, -0.2) is 30.1 Å². The Hall–Kier alpha value is -1.02. The zero-order chi connectivity index (χ0) is 11.1. The van der Waals surface area contributed by atoms with Crippen LogP contribution in [0.2, 0.25) is 0 Å². The lowest BCUT2D eigenvalue weighted by atomic mass is 9.88. The van der Waals surface area contributed by atoms with Gasteiger partial charge in [0.05, 0.1) is 0 Å². The second-order valence-corrected chi connectivity index (χ2v) is 4.84. The summed E-state index contributed by atoms with van der Waals surface area (Å²) in [5.74, 6) is 0.354. The Balaban J connectivity index is 2.26. The number of rotatable bonds is 3. The van der Waals surface area contributed by atoms with Crippen LogP contribution in [0.5, 0.6) is 5.75 Å². The normalized spacial score (nSPS) is 20.3. The summed E-state index contributed by atoms with van der Waals surface area (Å²) in [6.07, 6.45) is 2.52. The molecule has 0 amide bonds. The van der Waals surface area contributed by atoms with Gasteiger partial charge in [-0.3, -0.25) is 0 Å². The summed E-state index contributed by atoms with van der Waals surface area (Å²) >= 11 is 0. The van der Waals surface area contributed by atoms with Crippen molar-refractivity contribution in [2.75, 3.05) is 14.1 Å². The van der Waals surface area contributed by atoms with E-state index in [1.165, 1.54) is 18.4 Å². The van der Waals surface area contributed by atoms with Crippen molar-refractivity contribution >= 4 is 0 Å². The third-order valence-electron chi connectivity index (χ3n) is 3.81. The fraction of sp³-hybridized carbons (Fsp3) is 0.538. The predicted molar refractivity (Wildman–Crippen MR) is 62.2 cm³/mol. The van der Waals surface area contributed by atoms with E-state index in [-0.39, 0.29) is 0 Å². The lowest BCUT2D eigenvalue weighted by molar-refractivity contribution is 0.259. The van der Waals surface area contributed by atoms with Crippen LogP contribution in [-0.2, 0) is 5.41 Å². The molecule has 82 valence electrons. The molecular formula is C13H19NO. The molecule has 0 radical (unpaired) electrons. The quantitative estimate of drug-likeness (QED) is 0.819. The number of likely N-dealkylation sites (N-methyl/N-ethyl adjacent to an activating group) is 1. The van der Waals surface area contributed by atoms with E-state index < -0.39 is 0 Å². The number of hydrogen-bond acceptors (Lipinski definition) is 2. The first-order valence-electron chi connectivity index (χ1n) is 5.52. The van der Waals surface area contributed by atoms with E-state index >= 15 is 0 Å². The van der Waals surface area contributed by atoms with E-state index in [0.717, 1.165) is 0 Å². The van der Waals surface area contributed by atoms with E-state index in [1.807, 2.05) is 0 Å². The van der Waals surface area contributed by atoms with Crippen LogP contribution in [0.3, 0.4) is 0 Å². The lowest BCUT2D eigenvalue weighted by Gasteiger charge is -2.29. The smallest absolute Gasteiger partial charge is 0.115 e. The highest BCUT2D eigenvalue weighted by Crippen LogP contribution is 2.52. The highest BCUT2D eigenvalue weighted by Gasteiger charge is 2.49. The van der Waals surface area contributed by atoms with Gasteiger partial charge in [-0.2, -0.15) is 0 Å². The predicted octanol–water partition coefficient (Wildman–Crippen LogP) is 2.37. The van der Waals surface area contributed by atoms with Crippen LogP contribution in [0.15, 0.2) is 24.3 Å².